The average molecular weight is 322 g/mol. The molecule has 1 saturated heterocycles. The zero-order valence-corrected chi connectivity index (χ0v) is 13.3. The molecule has 1 aromatic carbocycles. The molecule has 1 aliphatic rings. The number of carbonyl (C=O) groups excluding carboxylic acids is 1. The predicted octanol–water partition coefficient (Wildman–Crippen LogP) is 2.44. The van der Waals surface area contributed by atoms with Gasteiger partial charge in [-0.3, -0.25) is 4.79 Å². The number of nitrogens with zero attached hydrogens (tertiary/aromatic N) is 2. The molecular weight excluding hydrogens is 302 g/mol. The van der Waals surface area contributed by atoms with Gasteiger partial charge in [-0.2, -0.15) is 0 Å². The van der Waals surface area contributed by atoms with Gasteiger partial charge in [-0.05, 0) is 25.9 Å². The van der Waals surface area contributed by atoms with Crippen LogP contribution in [0.3, 0.4) is 0 Å². The van der Waals surface area contributed by atoms with E-state index in [0.29, 0.717) is 17.4 Å². The van der Waals surface area contributed by atoms with Crippen LogP contribution in [0.15, 0.2) is 40.9 Å². The molecule has 0 spiro atoms. The maximum Gasteiger partial charge on any atom is 0.292 e. The van der Waals surface area contributed by atoms with Crippen LogP contribution in [-0.2, 0) is 0 Å². The third kappa shape index (κ3) is 3.48. The molecule has 118 valence electrons. The third-order valence-corrected chi connectivity index (χ3v) is 3.86. The molecule has 1 N–H and O–H groups in total. The Morgan fingerprint density at radius 3 is 2.91 bits per heavy atom. The molecule has 5 nitrogen and oxygen atoms in total. The fourth-order valence-corrected chi connectivity index (χ4v) is 2.75. The number of halogens is 1. The average Bonchev–Trinajstić information content (AvgIpc) is 3.17. The largest absolute Gasteiger partial charge is 0.350 e. The van der Waals surface area contributed by atoms with E-state index in [1.54, 1.807) is 6.07 Å². The Balaban J connectivity index is 0.00000176. The van der Waals surface area contributed by atoms with Crippen LogP contribution in [0.2, 0.25) is 0 Å². The second kappa shape index (κ2) is 7.42. The maximum atomic E-state index is 12.4. The summed E-state index contributed by atoms with van der Waals surface area (Å²) >= 11 is 0. The molecule has 1 aromatic heterocycles. The summed E-state index contributed by atoms with van der Waals surface area (Å²) in [4.78, 5) is 14.3. The molecule has 0 bridgehead atoms. The van der Waals surface area contributed by atoms with Gasteiger partial charge in [0.15, 0.2) is 0 Å². The second-order valence-corrected chi connectivity index (χ2v) is 5.41. The van der Waals surface area contributed by atoms with E-state index in [-0.39, 0.29) is 18.3 Å². The number of hydrogen-bond donors (Lipinski definition) is 1. The smallest absolute Gasteiger partial charge is 0.292 e. The van der Waals surface area contributed by atoms with Crippen LogP contribution >= 0.6 is 12.4 Å². The van der Waals surface area contributed by atoms with Crippen LogP contribution in [0, 0.1) is 5.92 Å². The second-order valence-electron chi connectivity index (χ2n) is 5.41. The van der Waals surface area contributed by atoms with Crippen molar-refractivity contribution in [1.82, 2.24) is 15.4 Å². The first-order valence-corrected chi connectivity index (χ1v) is 7.24. The first kappa shape index (κ1) is 16.5. The molecule has 0 saturated carbocycles. The quantitative estimate of drug-likeness (QED) is 0.939. The molecule has 1 aliphatic heterocycles. The van der Waals surface area contributed by atoms with Crippen molar-refractivity contribution in [3.05, 3.63) is 42.2 Å². The molecule has 22 heavy (non-hydrogen) atoms. The van der Waals surface area contributed by atoms with Gasteiger partial charge in [-0.25, -0.2) is 0 Å². The van der Waals surface area contributed by atoms with E-state index in [9.17, 15) is 4.79 Å². The molecule has 1 unspecified atom stereocenters. The lowest BCUT2D eigenvalue weighted by atomic mass is 10.1. The summed E-state index contributed by atoms with van der Waals surface area (Å²) in [7, 11) is 1.94. The Morgan fingerprint density at radius 1 is 1.41 bits per heavy atom. The number of carbonyl (C=O) groups is 1. The van der Waals surface area contributed by atoms with E-state index < -0.39 is 0 Å². The van der Waals surface area contributed by atoms with Crippen molar-refractivity contribution in [1.29, 1.82) is 0 Å². The van der Waals surface area contributed by atoms with E-state index in [2.05, 4.69) is 10.5 Å². The molecule has 1 atom stereocenters. The van der Waals surface area contributed by atoms with Gasteiger partial charge in [-0.15, -0.1) is 12.4 Å². The fourth-order valence-electron chi connectivity index (χ4n) is 2.75. The Hall–Kier alpha value is -1.85. The molecule has 2 heterocycles. The third-order valence-electron chi connectivity index (χ3n) is 3.86. The van der Waals surface area contributed by atoms with Gasteiger partial charge < -0.3 is 14.7 Å². The molecule has 3 rings (SSSR count). The first-order chi connectivity index (χ1) is 10.3. The van der Waals surface area contributed by atoms with Crippen molar-refractivity contribution < 1.29 is 9.32 Å². The summed E-state index contributed by atoms with van der Waals surface area (Å²) in [5.41, 5.74) is 1.65. The minimum Gasteiger partial charge on any atom is -0.350 e. The maximum absolute atomic E-state index is 12.4. The van der Waals surface area contributed by atoms with Crippen molar-refractivity contribution in [2.75, 3.05) is 26.7 Å². The van der Waals surface area contributed by atoms with E-state index >= 15 is 0 Å². The summed E-state index contributed by atoms with van der Waals surface area (Å²) in [5, 5.41) is 7.16. The van der Waals surface area contributed by atoms with E-state index in [1.165, 1.54) is 0 Å². The number of amides is 1. The number of hydrogen-bond acceptors (Lipinski definition) is 4. The molecule has 1 amide bonds. The summed E-state index contributed by atoms with van der Waals surface area (Å²) in [6.45, 7) is 2.50. The van der Waals surface area contributed by atoms with Crippen LogP contribution in [0.4, 0.5) is 0 Å². The van der Waals surface area contributed by atoms with E-state index in [4.69, 9.17) is 4.52 Å². The molecule has 2 aromatic rings. The van der Waals surface area contributed by atoms with Gasteiger partial charge in [0.05, 0.1) is 0 Å². The number of aromatic nitrogens is 1. The zero-order chi connectivity index (χ0) is 14.7. The van der Waals surface area contributed by atoms with Crippen molar-refractivity contribution in [2.24, 2.45) is 5.92 Å². The minimum absolute atomic E-state index is 0. The van der Waals surface area contributed by atoms with Gasteiger partial charge in [0.1, 0.15) is 5.69 Å². The Labute approximate surface area is 136 Å². The SMILES string of the molecule is CNCC1CCN(C(=O)c2cc(-c3ccccc3)no2)C1.Cl. The number of likely N-dealkylation sites (tertiary alicyclic amines) is 1. The highest BCUT2D eigenvalue weighted by molar-refractivity contribution is 5.92. The molecule has 0 aliphatic carbocycles. The summed E-state index contributed by atoms with van der Waals surface area (Å²) < 4.78 is 5.23. The topological polar surface area (TPSA) is 58.4 Å². The lowest BCUT2D eigenvalue weighted by molar-refractivity contribution is 0.0746. The number of nitrogens with one attached hydrogen (secondary N) is 1. The monoisotopic (exact) mass is 321 g/mol. The zero-order valence-electron chi connectivity index (χ0n) is 12.5. The molecule has 0 radical (unpaired) electrons. The first-order valence-electron chi connectivity index (χ1n) is 7.24. The minimum atomic E-state index is -0.0664. The number of rotatable bonds is 4. The van der Waals surface area contributed by atoms with E-state index in [1.807, 2.05) is 42.3 Å². The van der Waals surface area contributed by atoms with Crippen LogP contribution in [0.1, 0.15) is 17.0 Å². The van der Waals surface area contributed by atoms with E-state index in [0.717, 1.165) is 31.6 Å². The van der Waals surface area contributed by atoms with Crippen LogP contribution in [0.5, 0.6) is 0 Å². The van der Waals surface area contributed by atoms with Gasteiger partial charge in [-0.1, -0.05) is 35.5 Å². The van der Waals surface area contributed by atoms with Crippen LogP contribution in [-0.4, -0.2) is 42.6 Å². The van der Waals surface area contributed by atoms with Crippen molar-refractivity contribution >= 4 is 18.3 Å². The van der Waals surface area contributed by atoms with Crippen molar-refractivity contribution in [3.8, 4) is 11.3 Å². The summed E-state index contributed by atoms with van der Waals surface area (Å²) in [6.07, 6.45) is 1.03. The summed E-state index contributed by atoms with van der Waals surface area (Å²) in [5.74, 6) is 0.776. The van der Waals surface area contributed by atoms with Gasteiger partial charge >= 0.3 is 0 Å². The van der Waals surface area contributed by atoms with Crippen LogP contribution < -0.4 is 5.32 Å². The number of benzene rings is 1. The van der Waals surface area contributed by atoms with Crippen molar-refractivity contribution in [3.63, 3.8) is 0 Å². The van der Waals surface area contributed by atoms with Crippen molar-refractivity contribution in [2.45, 2.75) is 6.42 Å². The van der Waals surface area contributed by atoms with Gasteiger partial charge in [0, 0.05) is 24.7 Å². The normalized spacial score (nSPS) is 17.3. The molecular formula is C16H20ClN3O2. The Morgan fingerprint density at radius 2 is 2.18 bits per heavy atom. The highest BCUT2D eigenvalue weighted by Gasteiger charge is 2.28. The predicted molar refractivity (Wildman–Crippen MR) is 87.1 cm³/mol. The fraction of sp³-hybridized carbons (Fsp3) is 0.375. The highest BCUT2D eigenvalue weighted by Crippen LogP contribution is 2.22. The van der Waals surface area contributed by atoms with Gasteiger partial charge in [0.25, 0.3) is 5.91 Å². The lowest BCUT2D eigenvalue weighted by Gasteiger charge is -2.14. The Bertz CT molecular complexity index is 615. The molecule has 1 fully saturated rings. The standard InChI is InChI=1S/C16H19N3O2.ClH/c1-17-10-12-7-8-19(11-12)16(20)15-9-14(18-21-15)13-5-3-2-4-6-13;/h2-6,9,12,17H,7-8,10-11H2,1H3;1H. The molecule has 6 heteroatoms. The highest BCUT2D eigenvalue weighted by atomic mass is 35.5. The summed E-state index contributed by atoms with van der Waals surface area (Å²) in [6, 6.07) is 11.4. The van der Waals surface area contributed by atoms with Crippen LogP contribution in [0.25, 0.3) is 11.3 Å². The Kier molecular flexibility index (Phi) is 5.57. The lowest BCUT2D eigenvalue weighted by Crippen LogP contribution is -2.30. The van der Waals surface area contributed by atoms with Gasteiger partial charge in [0.2, 0.25) is 5.76 Å².